The van der Waals surface area contributed by atoms with E-state index in [1.807, 2.05) is 30.3 Å². The second kappa shape index (κ2) is 11.4. The second-order valence-electron chi connectivity index (χ2n) is 10.1. The lowest BCUT2D eigenvalue weighted by atomic mass is 10.0. The van der Waals surface area contributed by atoms with E-state index in [9.17, 15) is 24.0 Å². The number of fused-ring (bicyclic) bond motifs is 1. The summed E-state index contributed by atoms with van der Waals surface area (Å²) in [5, 5.41) is 0. The van der Waals surface area contributed by atoms with E-state index in [-0.39, 0.29) is 30.7 Å². The Morgan fingerprint density at radius 3 is 2.52 bits per heavy atom. The molecule has 2 aromatic heterocycles. The van der Waals surface area contributed by atoms with Crippen LogP contribution in [0, 0.1) is 0 Å². The number of carbonyl (C=O) groups excluding carboxylic acids is 3. The zero-order valence-corrected chi connectivity index (χ0v) is 22.5. The maximum atomic E-state index is 12.9. The number of aromatic amines is 1. The Kier molecular flexibility index (Phi) is 7.71. The molecule has 40 heavy (non-hydrogen) atoms. The Hall–Kier alpha value is -4.42. The molecule has 1 aromatic carbocycles. The number of aromatic nitrogens is 4. The van der Waals surface area contributed by atoms with Gasteiger partial charge in [0.1, 0.15) is 24.6 Å². The molecule has 13 heteroatoms. The van der Waals surface area contributed by atoms with Gasteiger partial charge in [-0.3, -0.25) is 23.6 Å². The molecule has 0 radical (unpaired) electrons. The number of nitrogens with zero attached hydrogens (tertiary/aromatic N) is 5. The molecular weight excluding hydrogens is 520 g/mol. The average Bonchev–Trinajstić information content (AvgIpc) is 3.58. The van der Waals surface area contributed by atoms with Crippen molar-refractivity contribution in [3.05, 3.63) is 62.6 Å². The molecule has 1 atom stereocenters. The van der Waals surface area contributed by atoms with Crippen LogP contribution in [0.4, 0.5) is 4.79 Å². The zero-order valence-electron chi connectivity index (χ0n) is 22.5. The van der Waals surface area contributed by atoms with E-state index in [1.54, 1.807) is 11.9 Å². The van der Waals surface area contributed by atoms with Crippen LogP contribution in [0.5, 0.6) is 0 Å². The number of cyclic esters (lactones) is 1. The molecule has 0 aliphatic carbocycles. The molecule has 2 aliphatic rings. The standard InChI is InChI=1S/C27H32N6O7/c1-30-23-22(24(35)31(2)26(30)37)28-20(29-23)9-6-10-21(34)32-13-11-18(12-14-32)33-19(16-40-27(33)38)25(36)39-15-17-7-4-3-5-8-17/h3-5,7-8,18-19H,6,9-16H2,1-2H3,(H,28,29)/t19-/m0/s1. The maximum absolute atomic E-state index is 12.9. The van der Waals surface area contributed by atoms with Crippen molar-refractivity contribution in [2.45, 2.75) is 50.8 Å². The van der Waals surface area contributed by atoms with Crippen LogP contribution in [0.15, 0.2) is 39.9 Å². The third-order valence-electron chi connectivity index (χ3n) is 7.57. The van der Waals surface area contributed by atoms with E-state index in [0.29, 0.717) is 56.7 Å². The van der Waals surface area contributed by atoms with Gasteiger partial charge < -0.3 is 19.4 Å². The van der Waals surface area contributed by atoms with E-state index < -0.39 is 29.4 Å². The molecule has 1 N–H and O–H groups in total. The minimum Gasteiger partial charge on any atom is -0.459 e. The molecule has 2 saturated heterocycles. The molecule has 13 nitrogen and oxygen atoms in total. The van der Waals surface area contributed by atoms with Gasteiger partial charge in [0.2, 0.25) is 5.91 Å². The first kappa shape index (κ1) is 27.2. The third kappa shape index (κ3) is 5.36. The number of piperidine rings is 1. The number of ether oxygens (including phenoxy) is 2. The van der Waals surface area contributed by atoms with Crippen molar-refractivity contribution in [2.24, 2.45) is 14.1 Å². The molecule has 0 spiro atoms. The summed E-state index contributed by atoms with van der Waals surface area (Å²) < 4.78 is 13.0. The van der Waals surface area contributed by atoms with Crippen molar-refractivity contribution in [1.29, 1.82) is 0 Å². The van der Waals surface area contributed by atoms with Crippen LogP contribution in [0.2, 0.25) is 0 Å². The molecule has 2 aliphatic heterocycles. The van der Waals surface area contributed by atoms with Crippen LogP contribution < -0.4 is 11.2 Å². The predicted molar refractivity (Wildman–Crippen MR) is 142 cm³/mol. The van der Waals surface area contributed by atoms with E-state index >= 15 is 0 Å². The summed E-state index contributed by atoms with van der Waals surface area (Å²) in [5.74, 6) is 0.0231. The van der Waals surface area contributed by atoms with Gasteiger partial charge >= 0.3 is 17.8 Å². The molecule has 2 amide bonds. The van der Waals surface area contributed by atoms with Crippen molar-refractivity contribution in [3.63, 3.8) is 0 Å². The first-order valence-corrected chi connectivity index (χ1v) is 13.3. The minimum atomic E-state index is -0.802. The van der Waals surface area contributed by atoms with Gasteiger partial charge in [0.15, 0.2) is 11.7 Å². The second-order valence-corrected chi connectivity index (χ2v) is 10.1. The highest BCUT2D eigenvalue weighted by Gasteiger charge is 2.44. The van der Waals surface area contributed by atoms with Crippen LogP contribution >= 0.6 is 0 Å². The largest absolute Gasteiger partial charge is 0.459 e. The minimum absolute atomic E-state index is 0.0132. The number of nitrogens with one attached hydrogen (secondary N) is 1. The number of rotatable bonds is 8. The summed E-state index contributed by atoms with van der Waals surface area (Å²) >= 11 is 0. The van der Waals surface area contributed by atoms with Crippen LogP contribution in [-0.2, 0) is 46.2 Å². The smallest absolute Gasteiger partial charge is 0.410 e. The van der Waals surface area contributed by atoms with E-state index in [2.05, 4.69) is 9.97 Å². The topological polar surface area (TPSA) is 149 Å². The van der Waals surface area contributed by atoms with Gasteiger partial charge in [-0.05, 0) is 24.8 Å². The van der Waals surface area contributed by atoms with Gasteiger partial charge in [0.05, 0.1) is 0 Å². The van der Waals surface area contributed by atoms with Crippen molar-refractivity contribution < 1.29 is 23.9 Å². The fourth-order valence-electron chi connectivity index (χ4n) is 5.29. The summed E-state index contributed by atoms with van der Waals surface area (Å²) in [6, 6.07) is 8.29. The Bertz CT molecular complexity index is 1530. The van der Waals surface area contributed by atoms with E-state index in [1.165, 1.54) is 16.5 Å². The molecular formula is C27H32N6O7. The number of hydrogen-bond acceptors (Lipinski definition) is 8. The van der Waals surface area contributed by atoms with Crippen molar-refractivity contribution in [3.8, 4) is 0 Å². The first-order valence-electron chi connectivity index (χ1n) is 13.3. The Morgan fingerprint density at radius 1 is 1.07 bits per heavy atom. The Morgan fingerprint density at radius 2 is 1.80 bits per heavy atom. The number of benzene rings is 1. The molecule has 4 heterocycles. The van der Waals surface area contributed by atoms with Crippen molar-refractivity contribution in [2.75, 3.05) is 19.7 Å². The van der Waals surface area contributed by atoms with Crippen molar-refractivity contribution in [1.82, 2.24) is 28.9 Å². The number of aryl methyl sites for hydroxylation is 2. The molecule has 5 rings (SSSR count). The number of imidazole rings is 1. The number of carbonyl (C=O) groups is 3. The highest BCUT2D eigenvalue weighted by Crippen LogP contribution is 2.25. The predicted octanol–water partition coefficient (Wildman–Crippen LogP) is 0.838. The summed E-state index contributed by atoms with van der Waals surface area (Å²) in [6.45, 7) is 0.991. The maximum Gasteiger partial charge on any atom is 0.410 e. The molecule has 0 saturated carbocycles. The SMILES string of the molecule is Cn1c(=O)c2[nH]c(CCCC(=O)N3CCC(N4C(=O)OC[C@H]4C(=O)OCc4ccccc4)CC3)nc2n(C)c1=O. The highest BCUT2D eigenvalue weighted by atomic mass is 16.6. The number of esters is 1. The zero-order chi connectivity index (χ0) is 28.4. The van der Waals surface area contributed by atoms with E-state index in [4.69, 9.17) is 9.47 Å². The number of H-pyrrole nitrogens is 1. The number of hydrogen-bond donors (Lipinski definition) is 1. The molecule has 2 fully saturated rings. The average molecular weight is 553 g/mol. The van der Waals surface area contributed by atoms with Gasteiger partial charge in [-0.25, -0.2) is 19.4 Å². The quantitative estimate of drug-likeness (QED) is 0.404. The molecule has 0 unspecified atom stereocenters. The summed E-state index contributed by atoms with van der Waals surface area (Å²) in [7, 11) is 2.97. The van der Waals surface area contributed by atoms with Gasteiger partial charge in [0.25, 0.3) is 5.56 Å². The van der Waals surface area contributed by atoms with E-state index in [0.717, 1.165) is 10.1 Å². The normalized spacial score (nSPS) is 17.9. The molecule has 3 aromatic rings. The lowest BCUT2D eigenvalue weighted by molar-refractivity contribution is -0.150. The first-order chi connectivity index (χ1) is 19.2. The number of likely N-dealkylation sites (tertiary alicyclic amines) is 1. The summed E-state index contributed by atoms with van der Waals surface area (Å²) in [4.78, 5) is 73.1. The fourth-order valence-corrected chi connectivity index (χ4v) is 5.29. The lowest BCUT2D eigenvalue weighted by Crippen LogP contribution is -2.52. The lowest BCUT2D eigenvalue weighted by Gasteiger charge is -2.37. The van der Waals surface area contributed by atoms with Crippen LogP contribution in [0.3, 0.4) is 0 Å². The number of amides is 2. The monoisotopic (exact) mass is 552 g/mol. The third-order valence-corrected chi connectivity index (χ3v) is 7.57. The van der Waals surface area contributed by atoms with Gasteiger partial charge in [-0.1, -0.05) is 30.3 Å². The molecule has 0 bridgehead atoms. The van der Waals surface area contributed by atoms with Crippen LogP contribution in [0.25, 0.3) is 11.2 Å². The van der Waals surface area contributed by atoms with Crippen molar-refractivity contribution >= 4 is 29.1 Å². The fraction of sp³-hybridized carbons (Fsp3) is 0.481. The molecule has 212 valence electrons. The Labute approximate surface area is 229 Å². The van der Waals surface area contributed by atoms with Gasteiger partial charge in [-0.2, -0.15) is 0 Å². The van der Waals surface area contributed by atoms with Crippen LogP contribution in [0.1, 0.15) is 37.1 Å². The Balaban J connectivity index is 1.11. The highest BCUT2D eigenvalue weighted by molar-refractivity contribution is 5.84. The summed E-state index contributed by atoms with van der Waals surface area (Å²) in [5.41, 5.74) is 0.514. The summed E-state index contributed by atoms with van der Waals surface area (Å²) in [6.07, 6.45) is 1.78. The van der Waals surface area contributed by atoms with Gasteiger partial charge in [-0.15, -0.1) is 0 Å². The van der Waals surface area contributed by atoms with Crippen LogP contribution in [-0.4, -0.2) is 78.7 Å². The van der Waals surface area contributed by atoms with Gasteiger partial charge in [0, 0.05) is 46.1 Å².